The molecule has 0 aliphatic heterocycles. The van der Waals surface area contributed by atoms with E-state index in [4.69, 9.17) is 10.2 Å². The lowest BCUT2D eigenvalue weighted by molar-refractivity contribution is -0.139. The maximum atomic E-state index is 13.0. The number of aliphatic carboxylic acids is 1. The van der Waals surface area contributed by atoms with Crippen LogP contribution < -0.4 is 10.6 Å². The molecule has 0 saturated heterocycles. The van der Waals surface area contributed by atoms with Crippen LogP contribution in [0.3, 0.4) is 0 Å². The van der Waals surface area contributed by atoms with E-state index in [0.717, 1.165) is 0 Å². The van der Waals surface area contributed by atoms with Crippen molar-refractivity contribution < 1.29 is 24.2 Å². The summed E-state index contributed by atoms with van der Waals surface area (Å²) in [6.45, 7) is 1.30. The Morgan fingerprint density at radius 1 is 1.35 bits per heavy atom. The molecule has 2 atom stereocenters. The van der Waals surface area contributed by atoms with Crippen molar-refractivity contribution in [3.05, 3.63) is 35.6 Å². The largest absolute Gasteiger partial charge is 0.480 e. The van der Waals surface area contributed by atoms with Crippen molar-refractivity contribution in [1.82, 2.24) is 10.6 Å². The molecule has 0 spiro atoms. The number of rotatable bonds is 6. The standard InChI is InChI=1S/C13H17FN2O4/c1-8(9-3-2-4-10(14)7-9)15-13(20)16-11(5-6-17)12(18)19/h2-4,7-8,11,17H,5-6H2,1H3,(H,18,19)(H2,15,16,20)/t8?,11-/m0/s1. The third-order valence-electron chi connectivity index (χ3n) is 2.72. The van der Waals surface area contributed by atoms with E-state index in [1.165, 1.54) is 18.2 Å². The van der Waals surface area contributed by atoms with Gasteiger partial charge in [0.25, 0.3) is 0 Å². The Hall–Kier alpha value is -2.15. The normalized spacial score (nSPS) is 13.3. The zero-order valence-corrected chi connectivity index (χ0v) is 11.0. The number of benzene rings is 1. The van der Waals surface area contributed by atoms with Crippen LogP contribution in [0, 0.1) is 5.82 Å². The van der Waals surface area contributed by atoms with E-state index in [1.807, 2.05) is 0 Å². The first kappa shape index (κ1) is 15.9. The summed E-state index contributed by atoms with van der Waals surface area (Å²) >= 11 is 0. The molecule has 2 amide bonds. The summed E-state index contributed by atoms with van der Waals surface area (Å²) in [6, 6.07) is 3.41. The summed E-state index contributed by atoms with van der Waals surface area (Å²) in [6.07, 6.45) is -0.0862. The zero-order valence-electron chi connectivity index (χ0n) is 11.0. The predicted octanol–water partition coefficient (Wildman–Crippen LogP) is 1.02. The van der Waals surface area contributed by atoms with E-state index in [1.54, 1.807) is 13.0 Å². The Balaban J connectivity index is 2.59. The number of aliphatic hydroxyl groups excluding tert-OH is 1. The fourth-order valence-corrected chi connectivity index (χ4v) is 1.64. The topological polar surface area (TPSA) is 98.7 Å². The second kappa shape index (κ2) is 7.44. The van der Waals surface area contributed by atoms with Gasteiger partial charge in [-0.1, -0.05) is 12.1 Å². The lowest BCUT2D eigenvalue weighted by Gasteiger charge is -2.18. The molecule has 1 unspecified atom stereocenters. The van der Waals surface area contributed by atoms with E-state index in [9.17, 15) is 14.0 Å². The number of nitrogens with one attached hydrogen (secondary N) is 2. The molecule has 0 heterocycles. The van der Waals surface area contributed by atoms with Crippen LogP contribution in [0.1, 0.15) is 24.9 Å². The van der Waals surface area contributed by atoms with Gasteiger partial charge in [0.2, 0.25) is 0 Å². The van der Waals surface area contributed by atoms with E-state index >= 15 is 0 Å². The van der Waals surface area contributed by atoms with Crippen LogP contribution in [0.2, 0.25) is 0 Å². The summed E-state index contributed by atoms with van der Waals surface area (Å²) in [5, 5.41) is 22.3. The molecule has 1 aromatic carbocycles. The molecule has 0 aliphatic carbocycles. The number of urea groups is 1. The van der Waals surface area contributed by atoms with Gasteiger partial charge < -0.3 is 20.8 Å². The molecule has 0 aliphatic rings. The van der Waals surface area contributed by atoms with Gasteiger partial charge in [-0.05, 0) is 24.6 Å². The molecule has 0 fully saturated rings. The summed E-state index contributed by atoms with van der Waals surface area (Å²) in [7, 11) is 0. The van der Waals surface area contributed by atoms with Crippen LogP contribution in [0.5, 0.6) is 0 Å². The molecule has 1 rings (SSSR count). The van der Waals surface area contributed by atoms with E-state index in [-0.39, 0.29) is 13.0 Å². The summed E-state index contributed by atoms with van der Waals surface area (Å²) in [4.78, 5) is 22.5. The first-order chi connectivity index (χ1) is 9.43. The molecular weight excluding hydrogens is 267 g/mol. The van der Waals surface area contributed by atoms with Crippen molar-refractivity contribution in [2.45, 2.75) is 25.4 Å². The minimum Gasteiger partial charge on any atom is -0.480 e. The van der Waals surface area contributed by atoms with Gasteiger partial charge >= 0.3 is 12.0 Å². The molecule has 4 N–H and O–H groups in total. The van der Waals surface area contributed by atoms with E-state index in [0.29, 0.717) is 5.56 Å². The van der Waals surface area contributed by atoms with Crippen LogP contribution in [-0.2, 0) is 4.79 Å². The van der Waals surface area contributed by atoms with Crippen LogP contribution in [0.4, 0.5) is 9.18 Å². The summed E-state index contributed by atoms with van der Waals surface area (Å²) in [5.41, 5.74) is 0.564. The minimum atomic E-state index is -1.23. The quantitative estimate of drug-likeness (QED) is 0.627. The Morgan fingerprint density at radius 3 is 2.60 bits per heavy atom. The number of carboxylic acid groups (broad SMARTS) is 1. The van der Waals surface area contributed by atoms with Gasteiger partial charge in [0, 0.05) is 13.0 Å². The fraction of sp³-hybridized carbons (Fsp3) is 0.385. The SMILES string of the molecule is CC(NC(=O)N[C@@H](CCO)C(=O)O)c1cccc(F)c1. The second-order valence-corrected chi connectivity index (χ2v) is 4.30. The van der Waals surface area contributed by atoms with Crippen LogP contribution >= 0.6 is 0 Å². The van der Waals surface area contributed by atoms with Crippen molar-refractivity contribution in [3.8, 4) is 0 Å². The highest BCUT2D eigenvalue weighted by molar-refractivity contribution is 5.82. The fourth-order valence-electron chi connectivity index (χ4n) is 1.64. The van der Waals surface area contributed by atoms with Gasteiger partial charge in [-0.25, -0.2) is 14.0 Å². The molecule has 110 valence electrons. The molecule has 6 nitrogen and oxygen atoms in total. The Labute approximate surface area is 115 Å². The Morgan fingerprint density at radius 2 is 2.05 bits per heavy atom. The smallest absolute Gasteiger partial charge is 0.326 e. The molecule has 20 heavy (non-hydrogen) atoms. The minimum absolute atomic E-state index is 0.0862. The molecule has 0 radical (unpaired) electrons. The number of amides is 2. The zero-order chi connectivity index (χ0) is 15.1. The number of carbonyl (C=O) groups excluding carboxylic acids is 1. The third kappa shape index (κ3) is 4.85. The lowest BCUT2D eigenvalue weighted by Crippen LogP contribution is -2.47. The molecule has 0 bridgehead atoms. The average Bonchev–Trinajstić information content (AvgIpc) is 2.38. The number of carbonyl (C=O) groups is 2. The Bertz CT molecular complexity index is 481. The molecule has 7 heteroatoms. The first-order valence-corrected chi connectivity index (χ1v) is 6.10. The van der Waals surface area contributed by atoms with Crippen molar-refractivity contribution in [1.29, 1.82) is 0 Å². The van der Waals surface area contributed by atoms with Gasteiger partial charge in [0.05, 0.1) is 6.04 Å². The highest BCUT2D eigenvalue weighted by Gasteiger charge is 2.20. The van der Waals surface area contributed by atoms with Gasteiger partial charge in [-0.15, -0.1) is 0 Å². The number of hydrogen-bond donors (Lipinski definition) is 4. The number of halogens is 1. The number of hydrogen-bond acceptors (Lipinski definition) is 3. The van der Waals surface area contributed by atoms with Crippen LogP contribution in [-0.4, -0.2) is 34.9 Å². The predicted molar refractivity (Wildman–Crippen MR) is 69.6 cm³/mol. The highest BCUT2D eigenvalue weighted by Crippen LogP contribution is 2.13. The van der Waals surface area contributed by atoms with Gasteiger partial charge in [0.1, 0.15) is 11.9 Å². The maximum absolute atomic E-state index is 13.0. The Kier molecular flexibility index (Phi) is 5.92. The molecule has 1 aromatic rings. The number of carboxylic acids is 1. The van der Waals surface area contributed by atoms with Gasteiger partial charge in [-0.2, -0.15) is 0 Å². The first-order valence-electron chi connectivity index (χ1n) is 6.10. The van der Waals surface area contributed by atoms with Crippen molar-refractivity contribution >= 4 is 12.0 Å². The monoisotopic (exact) mass is 284 g/mol. The lowest BCUT2D eigenvalue weighted by atomic mass is 10.1. The van der Waals surface area contributed by atoms with Crippen molar-refractivity contribution in [2.75, 3.05) is 6.61 Å². The van der Waals surface area contributed by atoms with Crippen LogP contribution in [0.15, 0.2) is 24.3 Å². The summed E-state index contributed by atoms with van der Waals surface area (Å²) < 4.78 is 13.0. The molecular formula is C13H17FN2O4. The van der Waals surface area contributed by atoms with E-state index in [2.05, 4.69) is 10.6 Å². The van der Waals surface area contributed by atoms with Gasteiger partial charge in [-0.3, -0.25) is 0 Å². The average molecular weight is 284 g/mol. The number of aliphatic hydroxyl groups is 1. The summed E-state index contributed by atoms with van der Waals surface area (Å²) in [5.74, 6) is -1.65. The molecule has 0 saturated carbocycles. The third-order valence-corrected chi connectivity index (χ3v) is 2.72. The van der Waals surface area contributed by atoms with E-state index < -0.39 is 29.9 Å². The molecule has 0 aromatic heterocycles. The van der Waals surface area contributed by atoms with Crippen molar-refractivity contribution in [3.63, 3.8) is 0 Å². The maximum Gasteiger partial charge on any atom is 0.326 e. The second-order valence-electron chi connectivity index (χ2n) is 4.30. The van der Waals surface area contributed by atoms with Gasteiger partial charge in [0.15, 0.2) is 0 Å². The highest BCUT2D eigenvalue weighted by atomic mass is 19.1. The van der Waals surface area contributed by atoms with Crippen LogP contribution in [0.25, 0.3) is 0 Å². The van der Waals surface area contributed by atoms with Crippen molar-refractivity contribution in [2.24, 2.45) is 0 Å².